The Morgan fingerprint density at radius 3 is 2.59 bits per heavy atom. The average molecular weight is 455 g/mol. The largest absolute Gasteiger partial charge is 0.343 e. The van der Waals surface area contributed by atoms with Crippen molar-refractivity contribution in [2.75, 3.05) is 12.4 Å². The fourth-order valence-corrected chi connectivity index (χ4v) is 5.22. The molecule has 3 aromatic rings. The van der Waals surface area contributed by atoms with Crippen molar-refractivity contribution in [3.05, 3.63) is 70.9 Å². The van der Waals surface area contributed by atoms with E-state index in [0.717, 1.165) is 22.1 Å². The van der Waals surface area contributed by atoms with E-state index in [1.165, 1.54) is 4.90 Å². The highest BCUT2D eigenvalue weighted by Crippen LogP contribution is 2.38. The van der Waals surface area contributed by atoms with Crippen LogP contribution in [-0.4, -0.2) is 46.2 Å². The first kappa shape index (κ1) is 20.3. The first-order chi connectivity index (χ1) is 16.3. The van der Waals surface area contributed by atoms with Gasteiger partial charge in [0.25, 0.3) is 11.8 Å². The van der Waals surface area contributed by atoms with Crippen LogP contribution in [0, 0.1) is 0 Å². The number of imide groups is 1. The molecule has 0 bridgehead atoms. The van der Waals surface area contributed by atoms with Crippen molar-refractivity contribution in [3.63, 3.8) is 0 Å². The van der Waals surface area contributed by atoms with E-state index >= 15 is 0 Å². The molecule has 9 nitrogen and oxygen atoms in total. The monoisotopic (exact) mass is 455 g/mol. The SMILES string of the molecule is CN1C(=O)NC(=O)C12Cc1cc3ccc(C(=O)NC4CC(=O)Nc5ccccc54)nc3cc1C2. The van der Waals surface area contributed by atoms with Gasteiger partial charge in [-0.15, -0.1) is 0 Å². The van der Waals surface area contributed by atoms with E-state index in [1.54, 1.807) is 13.1 Å². The van der Waals surface area contributed by atoms with Crippen LogP contribution in [-0.2, 0) is 22.4 Å². The number of carbonyl (C=O) groups excluding carboxylic acids is 4. The summed E-state index contributed by atoms with van der Waals surface area (Å²) in [5.41, 5.74) is 3.45. The number of aromatic nitrogens is 1. The Morgan fingerprint density at radius 2 is 1.82 bits per heavy atom. The van der Waals surface area contributed by atoms with Gasteiger partial charge in [0.05, 0.1) is 18.0 Å². The number of hydrogen-bond donors (Lipinski definition) is 3. The normalized spacial score (nSPS) is 23.0. The number of fused-ring (bicyclic) bond motifs is 3. The summed E-state index contributed by atoms with van der Waals surface area (Å²) >= 11 is 0. The predicted molar refractivity (Wildman–Crippen MR) is 123 cm³/mol. The van der Waals surface area contributed by atoms with Gasteiger partial charge in [-0.1, -0.05) is 24.3 Å². The number of nitrogens with zero attached hydrogens (tertiary/aromatic N) is 2. The quantitative estimate of drug-likeness (QED) is 0.511. The van der Waals surface area contributed by atoms with E-state index < -0.39 is 17.6 Å². The minimum Gasteiger partial charge on any atom is -0.343 e. The molecule has 2 aliphatic heterocycles. The van der Waals surface area contributed by atoms with Gasteiger partial charge in [0.1, 0.15) is 11.2 Å². The summed E-state index contributed by atoms with van der Waals surface area (Å²) in [5.74, 6) is -0.807. The van der Waals surface area contributed by atoms with Crippen molar-refractivity contribution in [1.82, 2.24) is 20.5 Å². The van der Waals surface area contributed by atoms with Gasteiger partial charge < -0.3 is 15.5 Å². The Kier molecular flexibility index (Phi) is 4.26. The van der Waals surface area contributed by atoms with Gasteiger partial charge in [0, 0.05) is 31.0 Å². The number of urea groups is 1. The summed E-state index contributed by atoms with van der Waals surface area (Å²) in [7, 11) is 1.64. The third kappa shape index (κ3) is 2.97. The summed E-state index contributed by atoms with van der Waals surface area (Å²) < 4.78 is 0. The Balaban J connectivity index is 1.29. The first-order valence-corrected chi connectivity index (χ1v) is 11.1. The highest BCUT2D eigenvalue weighted by atomic mass is 16.2. The number of rotatable bonds is 2. The molecule has 1 spiro atoms. The standard InChI is InChI=1S/C25H21N5O4/c1-30-24(34)29-23(33)25(30)11-14-8-13-6-7-18(26-19(13)9-15(14)12-25)22(32)28-20-10-21(31)27-17-5-3-2-4-16(17)20/h2-9,20H,10-12H2,1H3,(H,27,31)(H,28,32)(H,29,33,34). The van der Waals surface area contributed by atoms with Crippen molar-refractivity contribution in [2.24, 2.45) is 0 Å². The van der Waals surface area contributed by atoms with Gasteiger partial charge in [-0.3, -0.25) is 19.7 Å². The molecule has 1 saturated heterocycles. The highest BCUT2D eigenvalue weighted by Gasteiger charge is 2.54. The smallest absolute Gasteiger partial charge is 0.324 e. The number of para-hydroxylation sites is 1. The summed E-state index contributed by atoms with van der Waals surface area (Å²) in [6, 6.07) is 13.9. The zero-order valence-electron chi connectivity index (χ0n) is 18.3. The van der Waals surface area contributed by atoms with Crippen LogP contribution in [0.1, 0.15) is 39.6 Å². The van der Waals surface area contributed by atoms with E-state index in [0.29, 0.717) is 24.0 Å². The fourth-order valence-electron chi connectivity index (χ4n) is 5.22. The van der Waals surface area contributed by atoms with E-state index in [2.05, 4.69) is 20.9 Å². The lowest BCUT2D eigenvalue weighted by Gasteiger charge is -2.27. The van der Waals surface area contributed by atoms with E-state index in [-0.39, 0.29) is 29.8 Å². The average Bonchev–Trinajstić information content (AvgIpc) is 3.29. The van der Waals surface area contributed by atoms with Crippen LogP contribution in [0.3, 0.4) is 0 Å². The lowest BCUT2D eigenvalue weighted by molar-refractivity contribution is -0.125. The molecule has 0 radical (unpaired) electrons. The molecule has 1 aromatic heterocycles. The van der Waals surface area contributed by atoms with Gasteiger partial charge in [-0.25, -0.2) is 9.78 Å². The van der Waals surface area contributed by atoms with Crippen molar-refractivity contribution >= 4 is 40.3 Å². The van der Waals surface area contributed by atoms with Gasteiger partial charge in [-0.2, -0.15) is 0 Å². The summed E-state index contributed by atoms with van der Waals surface area (Å²) in [6.45, 7) is 0. The van der Waals surface area contributed by atoms with Crippen LogP contribution in [0.15, 0.2) is 48.5 Å². The minimum atomic E-state index is -0.911. The van der Waals surface area contributed by atoms with Crippen LogP contribution in [0.4, 0.5) is 10.5 Å². The molecule has 9 heteroatoms. The number of hydrogen-bond acceptors (Lipinski definition) is 5. The van der Waals surface area contributed by atoms with Crippen LogP contribution < -0.4 is 16.0 Å². The van der Waals surface area contributed by atoms with Crippen LogP contribution in [0.25, 0.3) is 10.9 Å². The Hall–Kier alpha value is -4.27. The van der Waals surface area contributed by atoms with Crippen LogP contribution >= 0.6 is 0 Å². The molecule has 2 atom stereocenters. The van der Waals surface area contributed by atoms with Gasteiger partial charge in [0.2, 0.25) is 5.91 Å². The topological polar surface area (TPSA) is 121 Å². The molecule has 3 N–H and O–H groups in total. The Labute approximate surface area is 194 Å². The summed E-state index contributed by atoms with van der Waals surface area (Å²) in [4.78, 5) is 55.7. The van der Waals surface area contributed by atoms with Gasteiger partial charge in [-0.05, 0) is 41.0 Å². The molecule has 3 aliphatic rings. The molecule has 1 fully saturated rings. The molecule has 170 valence electrons. The fraction of sp³-hybridized carbons (Fsp3) is 0.240. The van der Waals surface area contributed by atoms with Crippen molar-refractivity contribution in [3.8, 4) is 0 Å². The second-order valence-corrected chi connectivity index (χ2v) is 9.08. The number of amides is 5. The van der Waals surface area contributed by atoms with Crippen LogP contribution in [0.2, 0.25) is 0 Å². The first-order valence-electron chi connectivity index (χ1n) is 11.1. The number of anilines is 1. The maximum Gasteiger partial charge on any atom is 0.324 e. The number of carbonyl (C=O) groups is 4. The maximum atomic E-state index is 13.0. The molecule has 1 aliphatic carbocycles. The third-order valence-electron chi connectivity index (χ3n) is 7.10. The molecule has 5 amide bonds. The van der Waals surface area contributed by atoms with Crippen molar-refractivity contribution in [2.45, 2.75) is 30.8 Å². The lowest BCUT2D eigenvalue weighted by Crippen LogP contribution is -2.48. The molecule has 2 aromatic carbocycles. The Bertz CT molecular complexity index is 1430. The number of nitrogens with one attached hydrogen (secondary N) is 3. The second-order valence-electron chi connectivity index (χ2n) is 9.08. The van der Waals surface area contributed by atoms with Crippen LogP contribution in [0.5, 0.6) is 0 Å². The van der Waals surface area contributed by atoms with Crippen molar-refractivity contribution in [1.29, 1.82) is 0 Å². The molecule has 34 heavy (non-hydrogen) atoms. The van der Waals surface area contributed by atoms with Crippen molar-refractivity contribution < 1.29 is 19.2 Å². The lowest BCUT2D eigenvalue weighted by atomic mass is 9.95. The Morgan fingerprint density at radius 1 is 1.06 bits per heavy atom. The minimum absolute atomic E-state index is 0.153. The molecule has 3 heterocycles. The molecule has 2 unspecified atom stereocenters. The van der Waals surface area contributed by atoms with Gasteiger partial charge in [0.15, 0.2) is 0 Å². The molecule has 6 rings (SSSR count). The third-order valence-corrected chi connectivity index (χ3v) is 7.10. The summed E-state index contributed by atoms with van der Waals surface area (Å²) in [5, 5.41) is 9.01. The molecular weight excluding hydrogens is 434 g/mol. The van der Waals surface area contributed by atoms with E-state index in [1.807, 2.05) is 42.5 Å². The molecule has 0 saturated carbocycles. The number of pyridine rings is 1. The molecular formula is C25H21N5O4. The van der Waals surface area contributed by atoms with Gasteiger partial charge >= 0.3 is 6.03 Å². The predicted octanol–water partition coefficient (Wildman–Crippen LogP) is 2.07. The number of likely N-dealkylation sites (N-methyl/N-ethyl adjacent to an activating group) is 1. The maximum absolute atomic E-state index is 13.0. The number of benzene rings is 2. The summed E-state index contributed by atoms with van der Waals surface area (Å²) in [6.07, 6.45) is 0.996. The zero-order valence-corrected chi connectivity index (χ0v) is 18.3. The second kappa shape index (κ2) is 7.11. The van der Waals surface area contributed by atoms with E-state index in [4.69, 9.17) is 0 Å². The highest BCUT2D eigenvalue weighted by molar-refractivity contribution is 6.08. The zero-order chi connectivity index (χ0) is 23.6. The van der Waals surface area contributed by atoms with E-state index in [9.17, 15) is 19.2 Å².